The summed E-state index contributed by atoms with van der Waals surface area (Å²) < 4.78 is 28.3. The van der Waals surface area contributed by atoms with E-state index in [0.717, 1.165) is 14.2 Å². The lowest BCUT2D eigenvalue weighted by molar-refractivity contribution is 0.567. The minimum Gasteiger partial charge on any atom is -0.207 e. The molecule has 1 N–H and O–H groups in total. The van der Waals surface area contributed by atoms with E-state index in [0.29, 0.717) is 4.90 Å². The van der Waals surface area contributed by atoms with E-state index in [1.807, 2.05) is 30.3 Å². The zero-order valence-corrected chi connectivity index (χ0v) is 14.6. The Balaban J connectivity index is 2.29. The molecule has 0 radical (unpaired) electrons. The summed E-state index contributed by atoms with van der Waals surface area (Å²) in [4.78, 5) is 1.03. The van der Waals surface area contributed by atoms with Crippen LogP contribution >= 0.6 is 38.9 Å². The maximum Gasteiger partial charge on any atom is 0.242 e. The van der Waals surface area contributed by atoms with E-state index in [1.54, 1.807) is 13.0 Å². The van der Waals surface area contributed by atoms with Gasteiger partial charge in [-0.15, -0.1) is 22.9 Å². The summed E-state index contributed by atoms with van der Waals surface area (Å²) in [7, 11) is -3.58. The number of rotatable bonds is 5. The monoisotopic (exact) mass is 393 g/mol. The molecular weight excluding hydrogens is 382 g/mol. The lowest BCUT2D eigenvalue weighted by Crippen LogP contribution is -2.29. The Morgan fingerprint density at radius 2 is 2.00 bits per heavy atom. The molecule has 2 rings (SSSR count). The summed E-state index contributed by atoms with van der Waals surface area (Å²) in [5.41, 5.74) is 0.845. The molecule has 20 heavy (non-hydrogen) atoms. The van der Waals surface area contributed by atoms with E-state index in [2.05, 4.69) is 20.7 Å². The minimum atomic E-state index is -3.58. The number of alkyl halides is 1. The number of aryl methyl sites for hydroxylation is 1. The fourth-order valence-corrected chi connectivity index (χ4v) is 5.81. The average Bonchev–Trinajstić information content (AvgIpc) is 2.77. The zero-order valence-electron chi connectivity index (χ0n) is 10.6. The molecule has 1 aromatic carbocycles. The summed E-state index contributed by atoms with van der Waals surface area (Å²) in [6.45, 7) is 1.78. The highest BCUT2D eigenvalue weighted by atomic mass is 79.9. The van der Waals surface area contributed by atoms with Crippen molar-refractivity contribution >= 4 is 48.9 Å². The van der Waals surface area contributed by atoms with Crippen LogP contribution < -0.4 is 4.72 Å². The Morgan fingerprint density at radius 1 is 1.35 bits per heavy atom. The predicted octanol–water partition coefficient (Wildman–Crippen LogP) is 4.08. The standard InChI is InChI=1S/C13H13BrClNO2S2/c1-9-12(7-13(14)19-9)20(17,18)16-11(8-15)10-5-3-2-4-6-10/h2-7,11,16H,8H2,1H3. The van der Waals surface area contributed by atoms with Crippen LogP contribution in [0.5, 0.6) is 0 Å². The van der Waals surface area contributed by atoms with Gasteiger partial charge in [0.15, 0.2) is 0 Å². The molecule has 7 heteroatoms. The van der Waals surface area contributed by atoms with E-state index >= 15 is 0 Å². The maximum atomic E-state index is 12.4. The smallest absolute Gasteiger partial charge is 0.207 e. The Labute approximate surface area is 136 Å². The number of benzene rings is 1. The molecular formula is C13H13BrClNO2S2. The second-order valence-corrected chi connectivity index (χ2v) is 8.84. The van der Waals surface area contributed by atoms with Crippen LogP contribution in [0, 0.1) is 6.92 Å². The number of halogens is 2. The summed E-state index contributed by atoms with van der Waals surface area (Å²) in [6, 6.07) is 10.5. The number of thiophene rings is 1. The molecule has 1 unspecified atom stereocenters. The van der Waals surface area contributed by atoms with Crippen molar-refractivity contribution in [2.75, 3.05) is 5.88 Å². The first-order valence-corrected chi connectivity index (χ1v) is 9.46. The van der Waals surface area contributed by atoms with Gasteiger partial charge in [-0.25, -0.2) is 13.1 Å². The molecule has 2 aromatic rings. The van der Waals surface area contributed by atoms with Crippen molar-refractivity contribution in [2.24, 2.45) is 0 Å². The van der Waals surface area contributed by atoms with E-state index < -0.39 is 16.1 Å². The lowest BCUT2D eigenvalue weighted by atomic mass is 10.1. The highest BCUT2D eigenvalue weighted by Crippen LogP contribution is 2.30. The second-order valence-electron chi connectivity index (χ2n) is 4.21. The van der Waals surface area contributed by atoms with Crippen molar-refractivity contribution in [3.8, 4) is 0 Å². The van der Waals surface area contributed by atoms with E-state index in [4.69, 9.17) is 11.6 Å². The summed E-state index contributed by atoms with van der Waals surface area (Å²) in [5.74, 6) is 0.174. The Hall–Kier alpha value is -0.400. The lowest BCUT2D eigenvalue weighted by Gasteiger charge is -2.16. The molecule has 1 heterocycles. The second kappa shape index (κ2) is 6.58. The molecule has 0 bridgehead atoms. The quantitative estimate of drug-likeness (QED) is 0.777. The third kappa shape index (κ3) is 3.62. The fraction of sp³-hybridized carbons (Fsp3) is 0.231. The van der Waals surface area contributed by atoms with Gasteiger partial charge >= 0.3 is 0 Å². The Bertz CT molecular complexity index is 686. The van der Waals surface area contributed by atoms with Crippen molar-refractivity contribution in [1.82, 2.24) is 4.72 Å². The predicted molar refractivity (Wildman–Crippen MR) is 87.0 cm³/mol. The first-order chi connectivity index (χ1) is 9.44. The molecule has 1 aromatic heterocycles. The molecule has 3 nitrogen and oxygen atoms in total. The number of hydrogen-bond acceptors (Lipinski definition) is 3. The highest BCUT2D eigenvalue weighted by molar-refractivity contribution is 9.11. The van der Waals surface area contributed by atoms with Gasteiger partial charge in [-0.2, -0.15) is 0 Å². The van der Waals surface area contributed by atoms with Crippen LogP contribution in [0.15, 0.2) is 45.1 Å². The van der Waals surface area contributed by atoms with Crippen LogP contribution in [0.3, 0.4) is 0 Å². The largest absolute Gasteiger partial charge is 0.242 e. The van der Waals surface area contributed by atoms with Gasteiger partial charge in [0.2, 0.25) is 10.0 Å². The van der Waals surface area contributed by atoms with Crippen molar-refractivity contribution in [2.45, 2.75) is 17.9 Å². The normalized spacial score (nSPS) is 13.3. The maximum absolute atomic E-state index is 12.4. The molecule has 1 atom stereocenters. The van der Waals surface area contributed by atoms with Crippen molar-refractivity contribution in [3.05, 3.63) is 50.6 Å². The van der Waals surface area contributed by atoms with Gasteiger partial charge in [0.1, 0.15) is 0 Å². The number of sulfonamides is 1. The average molecular weight is 395 g/mol. The van der Waals surface area contributed by atoms with Crippen LogP contribution in [0.1, 0.15) is 16.5 Å². The summed E-state index contributed by atoms with van der Waals surface area (Å²) in [6.07, 6.45) is 0. The zero-order chi connectivity index (χ0) is 14.8. The van der Waals surface area contributed by atoms with Gasteiger partial charge in [-0.05, 0) is 34.5 Å². The minimum absolute atomic E-state index is 0.174. The van der Waals surface area contributed by atoms with Gasteiger partial charge < -0.3 is 0 Å². The van der Waals surface area contributed by atoms with Crippen LogP contribution in [-0.4, -0.2) is 14.3 Å². The molecule has 0 saturated heterocycles. The Kier molecular flexibility index (Phi) is 5.25. The van der Waals surface area contributed by atoms with Crippen LogP contribution in [0.2, 0.25) is 0 Å². The number of nitrogens with one attached hydrogen (secondary N) is 1. The summed E-state index contributed by atoms with van der Waals surface area (Å²) in [5, 5.41) is 0. The molecule has 0 amide bonds. The first-order valence-electron chi connectivity index (χ1n) is 5.83. The van der Waals surface area contributed by atoms with Gasteiger partial charge in [-0.1, -0.05) is 30.3 Å². The van der Waals surface area contributed by atoms with Gasteiger partial charge in [0, 0.05) is 10.8 Å². The van der Waals surface area contributed by atoms with Crippen LogP contribution in [0.25, 0.3) is 0 Å². The molecule has 0 saturated carbocycles. The highest BCUT2D eigenvalue weighted by Gasteiger charge is 2.23. The van der Waals surface area contributed by atoms with E-state index in [-0.39, 0.29) is 5.88 Å². The summed E-state index contributed by atoms with van der Waals surface area (Å²) >= 11 is 10.6. The van der Waals surface area contributed by atoms with Gasteiger partial charge in [0.05, 0.1) is 14.7 Å². The topological polar surface area (TPSA) is 46.2 Å². The van der Waals surface area contributed by atoms with E-state index in [1.165, 1.54) is 11.3 Å². The SMILES string of the molecule is Cc1sc(Br)cc1S(=O)(=O)NC(CCl)c1ccccc1. The van der Waals surface area contributed by atoms with Crippen LogP contribution in [0.4, 0.5) is 0 Å². The molecule has 0 fully saturated rings. The first kappa shape index (κ1) is 16.0. The third-order valence-corrected chi connectivity index (χ3v) is 6.37. The van der Waals surface area contributed by atoms with Crippen molar-refractivity contribution in [1.29, 1.82) is 0 Å². The van der Waals surface area contributed by atoms with Gasteiger partial charge in [-0.3, -0.25) is 0 Å². The number of hydrogen-bond donors (Lipinski definition) is 1. The van der Waals surface area contributed by atoms with Crippen molar-refractivity contribution in [3.63, 3.8) is 0 Å². The molecule has 0 aliphatic carbocycles. The molecule has 0 spiro atoms. The third-order valence-electron chi connectivity index (χ3n) is 2.79. The molecule has 108 valence electrons. The van der Waals surface area contributed by atoms with Crippen LogP contribution in [-0.2, 0) is 10.0 Å². The van der Waals surface area contributed by atoms with Crippen molar-refractivity contribution < 1.29 is 8.42 Å². The Morgan fingerprint density at radius 3 is 2.50 bits per heavy atom. The molecule has 0 aliphatic rings. The molecule has 0 aliphatic heterocycles. The fourth-order valence-electron chi connectivity index (χ4n) is 1.82. The van der Waals surface area contributed by atoms with Gasteiger partial charge in [0.25, 0.3) is 0 Å². The van der Waals surface area contributed by atoms with E-state index in [9.17, 15) is 8.42 Å².